The van der Waals surface area contributed by atoms with Crippen LogP contribution >= 0.6 is 0 Å². The first kappa shape index (κ1) is 18.5. The van der Waals surface area contributed by atoms with Crippen molar-refractivity contribution in [2.45, 2.75) is 25.3 Å². The van der Waals surface area contributed by atoms with Crippen LogP contribution in [-0.2, 0) is 14.3 Å². The SMILES string of the molecule is COc1ccccc1OCC(=O)N(CCC(=O)N1CCOCC1)C1CC1. The van der Waals surface area contributed by atoms with E-state index in [0.29, 0.717) is 50.8 Å². The van der Waals surface area contributed by atoms with Crippen molar-refractivity contribution in [3.8, 4) is 11.5 Å². The van der Waals surface area contributed by atoms with Gasteiger partial charge < -0.3 is 24.0 Å². The second-order valence-corrected chi connectivity index (χ2v) is 6.50. The molecule has 142 valence electrons. The molecule has 2 fully saturated rings. The Morgan fingerprint density at radius 1 is 1.19 bits per heavy atom. The molecule has 1 saturated carbocycles. The molecule has 0 bridgehead atoms. The molecule has 0 atom stereocenters. The summed E-state index contributed by atoms with van der Waals surface area (Å²) >= 11 is 0. The first-order chi connectivity index (χ1) is 12.7. The van der Waals surface area contributed by atoms with E-state index in [4.69, 9.17) is 14.2 Å². The van der Waals surface area contributed by atoms with E-state index in [1.165, 1.54) is 0 Å². The number of hydrogen-bond acceptors (Lipinski definition) is 5. The highest BCUT2D eigenvalue weighted by Gasteiger charge is 2.33. The van der Waals surface area contributed by atoms with Gasteiger partial charge in [0.05, 0.1) is 20.3 Å². The van der Waals surface area contributed by atoms with Gasteiger partial charge in [-0.1, -0.05) is 12.1 Å². The molecule has 1 saturated heterocycles. The Morgan fingerprint density at radius 3 is 2.54 bits per heavy atom. The van der Waals surface area contributed by atoms with Crippen LogP contribution in [0.15, 0.2) is 24.3 Å². The lowest BCUT2D eigenvalue weighted by atomic mass is 10.3. The molecule has 2 aliphatic rings. The Labute approximate surface area is 153 Å². The molecule has 0 spiro atoms. The second-order valence-electron chi connectivity index (χ2n) is 6.50. The molecule has 1 aromatic rings. The van der Waals surface area contributed by atoms with E-state index in [1.807, 2.05) is 17.0 Å². The van der Waals surface area contributed by atoms with E-state index in [-0.39, 0.29) is 24.5 Å². The third-order valence-electron chi connectivity index (χ3n) is 4.66. The molecule has 1 aliphatic heterocycles. The fourth-order valence-electron chi connectivity index (χ4n) is 3.04. The highest BCUT2D eigenvalue weighted by atomic mass is 16.5. The number of carbonyl (C=O) groups excluding carboxylic acids is 2. The molecule has 0 unspecified atom stereocenters. The summed E-state index contributed by atoms with van der Waals surface area (Å²) in [5.41, 5.74) is 0. The predicted molar refractivity (Wildman–Crippen MR) is 95.2 cm³/mol. The van der Waals surface area contributed by atoms with Gasteiger partial charge in [0, 0.05) is 32.1 Å². The van der Waals surface area contributed by atoms with Gasteiger partial charge in [0.1, 0.15) is 0 Å². The van der Waals surface area contributed by atoms with Gasteiger partial charge in [0.2, 0.25) is 5.91 Å². The smallest absolute Gasteiger partial charge is 0.260 e. The number of carbonyl (C=O) groups is 2. The number of ether oxygens (including phenoxy) is 3. The standard InChI is InChI=1S/C19H26N2O5/c1-24-16-4-2-3-5-17(16)26-14-19(23)21(15-6-7-15)9-8-18(22)20-10-12-25-13-11-20/h2-5,15H,6-14H2,1H3. The van der Waals surface area contributed by atoms with E-state index in [2.05, 4.69) is 0 Å². The van der Waals surface area contributed by atoms with E-state index < -0.39 is 0 Å². The summed E-state index contributed by atoms with van der Waals surface area (Å²) in [4.78, 5) is 28.5. The summed E-state index contributed by atoms with van der Waals surface area (Å²) in [6.07, 6.45) is 2.33. The van der Waals surface area contributed by atoms with Gasteiger partial charge in [-0.3, -0.25) is 9.59 Å². The Balaban J connectivity index is 1.50. The molecule has 0 aromatic heterocycles. The maximum atomic E-state index is 12.6. The third kappa shape index (κ3) is 4.88. The molecule has 7 nitrogen and oxygen atoms in total. The molecular formula is C19H26N2O5. The molecule has 1 aliphatic carbocycles. The van der Waals surface area contributed by atoms with Crippen LogP contribution in [0.25, 0.3) is 0 Å². The number of rotatable bonds is 8. The lowest BCUT2D eigenvalue weighted by Crippen LogP contribution is -2.43. The van der Waals surface area contributed by atoms with E-state index in [1.54, 1.807) is 24.1 Å². The van der Waals surface area contributed by atoms with Crippen LogP contribution < -0.4 is 9.47 Å². The van der Waals surface area contributed by atoms with Crippen molar-refractivity contribution < 1.29 is 23.8 Å². The molecule has 0 N–H and O–H groups in total. The van der Waals surface area contributed by atoms with Crippen molar-refractivity contribution in [3.05, 3.63) is 24.3 Å². The lowest BCUT2D eigenvalue weighted by molar-refractivity contribution is -0.138. The molecule has 0 radical (unpaired) electrons. The van der Waals surface area contributed by atoms with Gasteiger partial charge in [0.25, 0.3) is 5.91 Å². The summed E-state index contributed by atoms with van der Waals surface area (Å²) < 4.78 is 16.1. The summed E-state index contributed by atoms with van der Waals surface area (Å²) in [7, 11) is 1.57. The Morgan fingerprint density at radius 2 is 1.88 bits per heavy atom. The van der Waals surface area contributed by atoms with Crippen LogP contribution in [0.5, 0.6) is 11.5 Å². The van der Waals surface area contributed by atoms with Crippen molar-refractivity contribution >= 4 is 11.8 Å². The van der Waals surface area contributed by atoms with Gasteiger partial charge in [-0.25, -0.2) is 0 Å². The minimum absolute atomic E-state index is 0.0530. The van der Waals surface area contributed by atoms with Crippen LogP contribution in [0.4, 0.5) is 0 Å². The number of hydrogen-bond donors (Lipinski definition) is 0. The van der Waals surface area contributed by atoms with Gasteiger partial charge in [0.15, 0.2) is 18.1 Å². The molecule has 7 heteroatoms. The van der Waals surface area contributed by atoms with Gasteiger partial charge in [-0.2, -0.15) is 0 Å². The van der Waals surface area contributed by atoms with E-state index >= 15 is 0 Å². The molecular weight excluding hydrogens is 336 g/mol. The predicted octanol–water partition coefficient (Wildman–Crippen LogP) is 1.31. The monoisotopic (exact) mass is 362 g/mol. The highest BCUT2D eigenvalue weighted by Crippen LogP contribution is 2.28. The summed E-state index contributed by atoms with van der Waals surface area (Å²) in [6, 6.07) is 7.49. The van der Waals surface area contributed by atoms with E-state index in [9.17, 15) is 9.59 Å². The third-order valence-corrected chi connectivity index (χ3v) is 4.66. The second kappa shape index (κ2) is 8.89. The van der Waals surface area contributed by atoms with Crippen LogP contribution in [0.2, 0.25) is 0 Å². The minimum Gasteiger partial charge on any atom is -0.493 e. The average molecular weight is 362 g/mol. The number of morpholine rings is 1. The van der Waals surface area contributed by atoms with Crippen LogP contribution in [0, 0.1) is 0 Å². The van der Waals surface area contributed by atoms with Crippen molar-refractivity contribution in [2.24, 2.45) is 0 Å². The summed E-state index contributed by atoms with van der Waals surface area (Å²) in [5.74, 6) is 1.13. The molecule has 2 amide bonds. The van der Waals surface area contributed by atoms with Crippen molar-refractivity contribution in [1.29, 1.82) is 0 Å². The highest BCUT2D eigenvalue weighted by molar-refractivity contribution is 5.80. The van der Waals surface area contributed by atoms with Crippen LogP contribution in [0.3, 0.4) is 0 Å². The van der Waals surface area contributed by atoms with Crippen LogP contribution in [-0.4, -0.2) is 74.2 Å². The fraction of sp³-hybridized carbons (Fsp3) is 0.579. The zero-order valence-electron chi connectivity index (χ0n) is 15.2. The average Bonchev–Trinajstić information content (AvgIpc) is 3.52. The zero-order chi connectivity index (χ0) is 18.4. The van der Waals surface area contributed by atoms with Crippen molar-refractivity contribution in [3.63, 3.8) is 0 Å². The van der Waals surface area contributed by atoms with Crippen molar-refractivity contribution in [1.82, 2.24) is 9.80 Å². The van der Waals surface area contributed by atoms with Crippen molar-refractivity contribution in [2.75, 3.05) is 46.6 Å². The largest absolute Gasteiger partial charge is 0.493 e. The fourth-order valence-corrected chi connectivity index (χ4v) is 3.04. The normalized spacial score (nSPS) is 16.9. The number of benzene rings is 1. The van der Waals surface area contributed by atoms with Gasteiger partial charge >= 0.3 is 0 Å². The number of methoxy groups -OCH3 is 1. The molecule has 3 rings (SSSR count). The number of nitrogens with zero attached hydrogens (tertiary/aromatic N) is 2. The van der Waals surface area contributed by atoms with E-state index in [0.717, 1.165) is 12.8 Å². The summed E-state index contributed by atoms with van der Waals surface area (Å²) in [5, 5.41) is 0. The minimum atomic E-state index is -0.0896. The summed E-state index contributed by atoms with van der Waals surface area (Å²) in [6.45, 7) is 2.82. The Kier molecular flexibility index (Phi) is 6.33. The molecule has 26 heavy (non-hydrogen) atoms. The maximum absolute atomic E-state index is 12.6. The van der Waals surface area contributed by atoms with Crippen LogP contribution in [0.1, 0.15) is 19.3 Å². The number of para-hydroxylation sites is 2. The Hall–Kier alpha value is -2.28. The zero-order valence-corrected chi connectivity index (χ0v) is 15.2. The molecule has 1 heterocycles. The molecule has 1 aromatic carbocycles. The van der Waals surface area contributed by atoms with Gasteiger partial charge in [-0.15, -0.1) is 0 Å². The van der Waals surface area contributed by atoms with Gasteiger partial charge in [-0.05, 0) is 25.0 Å². The topological polar surface area (TPSA) is 68.3 Å². The lowest BCUT2D eigenvalue weighted by Gasteiger charge is -2.28. The Bertz CT molecular complexity index is 626. The first-order valence-corrected chi connectivity index (χ1v) is 9.10. The first-order valence-electron chi connectivity index (χ1n) is 9.10. The maximum Gasteiger partial charge on any atom is 0.260 e. The quantitative estimate of drug-likeness (QED) is 0.698. The number of amides is 2.